The third kappa shape index (κ3) is 4.43. The SMILES string of the molecule is C[C@@H](CNC(=O)c1ccc(N2CCOCC2)nc1)N1CCOCC1. The highest BCUT2D eigenvalue weighted by atomic mass is 16.5. The van der Waals surface area contributed by atoms with Gasteiger partial charge in [0.05, 0.1) is 32.0 Å². The molecule has 3 rings (SSSR count). The van der Waals surface area contributed by atoms with E-state index in [1.807, 2.05) is 12.1 Å². The van der Waals surface area contributed by atoms with Gasteiger partial charge in [-0.1, -0.05) is 0 Å². The molecule has 0 radical (unpaired) electrons. The first-order valence-corrected chi connectivity index (χ1v) is 8.63. The molecule has 1 atom stereocenters. The van der Waals surface area contributed by atoms with Crippen molar-refractivity contribution in [3.05, 3.63) is 23.9 Å². The molecular weight excluding hydrogens is 308 g/mol. The van der Waals surface area contributed by atoms with Gasteiger partial charge in [-0.3, -0.25) is 9.69 Å². The molecule has 1 amide bonds. The molecule has 3 heterocycles. The summed E-state index contributed by atoms with van der Waals surface area (Å²) < 4.78 is 10.7. The number of rotatable bonds is 5. The largest absolute Gasteiger partial charge is 0.379 e. The number of carbonyl (C=O) groups excluding carboxylic acids is 1. The van der Waals surface area contributed by atoms with E-state index in [4.69, 9.17) is 9.47 Å². The van der Waals surface area contributed by atoms with Gasteiger partial charge in [0, 0.05) is 45.0 Å². The van der Waals surface area contributed by atoms with E-state index >= 15 is 0 Å². The first-order valence-electron chi connectivity index (χ1n) is 8.63. The molecule has 7 heteroatoms. The van der Waals surface area contributed by atoms with Crippen molar-refractivity contribution in [2.24, 2.45) is 0 Å². The van der Waals surface area contributed by atoms with E-state index in [0.29, 0.717) is 18.2 Å². The number of amides is 1. The Hall–Kier alpha value is -1.70. The van der Waals surface area contributed by atoms with Crippen LogP contribution in [0.4, 0.5) is 5.82 Å². The molecule has 0 bridgehead atoms. The lowest BCUT2D eigenvalue weighted by Crippen LogP contribution is -2.47. The lowest BCUT2D eigenvalue weighted by molar-refractivity contribution is 0.0204. The van der Waals surface area contributed by atoms with Crippen LogP contribution in [0.15, 0.2) is 18.3 Å². The van der Waals surface area contributed by atoms with Crippen LogP contribution in [-0.2, 0) is 9.47 Å². The molecule has 0 spiro atoms. The van der Waals surface area contributed by atoms with Crippen molar-refractivity contribution in [3.8, 4) is 0 Å². The van der Waals surface area contributed by atoms with Crippen molar-refractivity contribution in [2.75, 3.05) is 64.1 Å². The predicted molar refractivity (Wildman–Crippen MR) is 91.5 cm³/mol. The smallest absolute Gasteiger partial charge is 0.252 e. The number of aromatic nitrogens is 1. The van der Waals surface area contributed by atoms with Gasteiger partial charge in [0.1, 0.15) is 5.82 Å². The van der Waals surface area contributed by atoms with E-state index in [0.717, 1.165) is 58.4 Å². The Morgan fingerprint density at radius 2 is 1.83 bits per heavy atom. The average Bonchev–Trinajstić information content (AvgIpc) is 2.67. The summed E-state index contributed by atoms with van der Waals surface area (Å²) in [4.78, 5) is 21.2. The minimum Gasteiger partial charge on any atom is -0.379 e. The Morgan fingerprint density at radius 1 is 1.17 bits per heavy atom. The van der Waals surface area contributed by atoms with Crippen LogP contribution in [0.25, 0.3) is 0 Å². The van der Waals surface area contributed by atoms with Gasteiger partial charge in [0.25, 0.3) is 5.91 Å². The van der Waals surface area contributed by atoms with Crippen LogP contribution in [0.3, 0.4) is 0 Å². The Morgan fingerprint density at radius 3 is 2.46 bits per heavy atom. The maximum atomic E-state index is 12.3. The average molecular weight is 334 g/mol. The summed E-state index contributed by atoms with van der Waals surface area (Å²) >= 11 is 0. The third-order valence-corrected chi connectivity index (χ3v) is 4.57. The van der Waals surface area contributed by atoms with Gasteiger partial charge in [-0.25, -0.2) is 4.98 Å². The van der Waals surface area contributed by atoms with Crippen LogP contribution in [0, 0.1) is 0 Å². The van der Waals surface area contributed by atoms with E-state index in [9.17, 15) is 4.79 Å². The molecule has 132 valence electrons. The summed E-state index contributed by atoms with van der Waals surface area (Å²) in [5.74, 6) is 0.827. The number of nitrogens with one attached hydrogen (secondary N) is 1. The molecule has 1 N–H and O–H groups in total. The second kappa shape index (κ2) is 8.41. The van der Waals surface area contributed by atoms with E-state index in [-0.39, 0.29) is 5.91 Å². The summed E-state index contributed by atoms with van der Waals surface area (Å²) in [5.41, 5.74) is 0.598. The minimum atomic E-state index is -0.0730. The fourth-order valence-corrected chi connectivity index (χ4v) is 2.99. The summed E-state index contributed by atoms with van der Waals surface area (Å²) in [5, 5.41) is 3.00. The summed E-state index contributed by atoms with van der Waals surface area (Å²) in [6.07, 6.45) is 1.65. The highest BCUT2D eigenvalue weighted by Gasteiger charge is 2.18. The molecule has 2 aliphatic heterocycles. The molecular formula is C17H26N4O3. The standard InChI is InChI=1S/C17H26N4O3/c1-14(20-4-8-23-9-5-20)12-19-17(22)15-2-3-16(18-13-15)21-6-10-24-11-7-21/h2-3,13-14H,4-12H2,1H3,(H,19,22)/t14-/m0/s1. The third-order valence-electron chi connectivity index (χ3n) is 4.57. The van der Waals surface area contributed by atoms with Crippen molar-refractivity contribution < 1.29 is 14.3 Å². The van der Waals surface area contributed by atoms with E-state index in [1.165, 1.54) is 0 Å². The van der Waals surface area contributed by atoms with Gasteiger partial charge < -0.3 is 19.7 Å². The van der Waals surface area contributed by atoms with Crippen LogP contribution in [-0.4, -0.2) is 81.0 Å². The number of ether oxygens (including phenoxy) is 2. The van der Waals surface area contributed by atoms with Crippen molar-refractivity contribution in [1.82, 2.24) is 15.2 Å². The molecule has 2 aliphatic rings. The number of nitrogens with zero attached hydrogens (tertiary/aromatic N) is 3. The zero-order valence-electron chi connectivity index (χ0n) is 14.2. The number of pyridine rings is 1. The Bertz CT molecular complexity index is 525. The van der Waals surface area contributed by atoms with Gasteiger partial charge in [0.15, 0.2) is 0 Å². The predicted octanol–water partition coefficient (Wildman–Crippen LogP) is 0.369. The van der Waals surface area contributed by atoms with Gasteiger partial charge >= 0.3 is 0 Å². The van der Waals surface area contributed by atoms with Gasteiger partial charge in [-0.15, -0.1) is 0 Å². The zero-order valence-corrected chi connectivity index (χ0v) is 14.2. The molecule has 0 aliphatic carbocycles. The lowest BCUT2D eigenvalue weighted by atomic mass is 10.2. The molecule has 1 aromatic rings. The van der Waals surface area contributed by atoms with Crippen LogP contribution in [0.2, 0.25) is 0 Å². The molecule has 0 aromatic carbocycles. The molecule has 2 saturated heterocycles. The fraction of sp³-hybridized carbons (Fsp3) is 0.647. The van der Waals surface area contributed by atoms with E-state index < -0.39 is 0 Å². The topological polar surface area (TPSA) is 66.9 Å². The van der Waals surface area contributed by atoms with Crippen molar-refractivity contribution in [1.29, 1.82) is 0 Å². The van der Waals surface area contributed by atoms with Gasteiger partial charge in [-0.2, -0.15) is 0 Å². The van der Waals surface area contributed by atoms with Gasteiger partial charge in [0.2, 0.25) is 0 Å². The molecule has 24 heavy (non-hydrogen) atoms. The monoisotopic (exact) mass is 334 g/mol. The number of morpholine rings is 2. The molecule has 0 saturated carbocycles. The van der Waals surface area contributed by atoms with Crippen molar-refractivity contribution >= 4 is 11.7 Å². The van der Waals surface area contributed by atoms with Crippen LogP contribution in [0.5, 0.6) is 0 Å². The number of hydrogen-bond donors (Lipinski definition) is 1. The first kappa shape index (κ1) is 17.1. The van der Waals surface area contributed by atoms with E-state index in [1.54, 1.807) is 6.20 Å². The zero-order chi connectivity index (χ0) is 16.8. The van der Waals surface area contributed by atoms with Crippen molar-refractivity contribution in [3.63, 3.8) is 0 Å². The van der Waals surface area contributed by atoms with E-state index in [2.05, 4.69) is 27.0 Å². The second-order valence-electron chi connectivity index (χ2n) is 6.21. The Balaban J connectivity index is 1.49. The number of hydrogen-bond acceptors (Lipinski definition) is 6. The highest BCUT2D eigenvalue weighted by Crippen LogP contribution is 2.13. The summed E-state index contributed by atoms with van der Waals surface area (Å²) in [7, 11) is 0. The second-order valence-corrected chi connectivity index (χ2v) is 6.21. The van der Waals surface area contributed by atoms with Crippen LogP contribution in [0.1, 0.15) is 17.3 Å². The van der Waals surface area contributed by atoms with Crippen LogP contribution >= 0.6 is 0 Å². The summed E-state index contributed by atoms with van der Waals surface area (Å²) in [6, 6.07) is 4.05. The van der Waals surface area contributed by atoms with Crippen LogP contribution < -0.4 is 10.2 Å². The maximum absolute atomic E-state index is 12.3. The highest BCUT2D eigenvalue weighted by molar-refractivity contribution is 5.94. The molecule has 2 fully saturated rings. The minimum absolute atomic E-state index is 0.0730. The quantitative estimate of drug-likeness (QED) is 0.839. The normalized spacial score (nSPS) is 20.6. The molecule has 1 aromatic heterocycles. The Labute approximate surface area is 142 Å². The van der Waals surface area contributed by atoms with Gasteiger partial charge in [-0.05, 0) is 19.1 Å². The molecule has 0 unspecified atom stereocenters. The Kier molecular flexibility index (Phi) is 6.01. The fourth-order valence-electron chi connectivity index (χ4n) is 2.99. The number of carbonyl (C=O) groups is 1. The lowest BCUT2D eigenvalue weighted by Gasteiger charge is -2.32. The summed E-state index contributed by atoms with van der Waals surface area (Å²) in [6.45, 7) is 9.28. The molecule has 7 nitrogen and oxygen atoms in total. The van der Waals surface area contributed by atoms with Crippen molar-refractivity contribution in [2.45, 2.75) is 13.0 Å². The number of anilines is 1. The first-order chi connectivity index (χ1) is 11.7. The maximum Gasteiger partial charge on any atom is 0.252 e.